The van der Waals surface area contributed by atoms with E-state index in [9.17, 15) is 9.50 Å². The van der Waals surface area contributed by atoms with Crippen LogP contribution in [0.5, 0.6) is 0 Å². The van der Waals surface area contributed by atoms with Gasteiger partial charge in [0.15, 0.2) is 5.01 Å². The van der Waals surface area contributed by atoms with Crippen molar-refractivity contribution in [3.63, 3.8) is 0 Å². The second-order valence-electron chi connectivity index (χ2n) is 5.01. The fraction of sp³-hybridized carbons (Fsp3) is 0.0588. The van der Waals surface area contributed by atoms with Crippen LogP contribution in [0, 0.1) is 5.82 Å². The SMILES string of the molecule is OCc1c(-c2ccccc2)nc2sc(-c3ccccc3F)nn12. The van der Waals surface area contributed by atoms with E-state index < -0.39 is 0 Å². The van der Waals surface area contributed by atoms with Crippen LogP contribution in [-0.2, 0) is 6.61 Å². The topological polar surface area (TPSA) is 50.4 Å². The summed E-state index contributed by atoms with van der Waals surface area (Å²) in [5.41, 5.74) is 2.66. The molecular formula is C17H12FN3OS. The van der Waals surface area contributed by atoms with Crippen LogP contribution in [0.2, 0.25) is 0 Å². The third kappa shape index (κ3) is 2.32. The molecule has 0 saturated heterocycles. The Hall–Kier alpha value is -2.57. The minimum absolute atomic E-state index is 0.189. The minimum atomic E-state index is -0.321. The summed E-state index contributed by atoms with van der Waals surface area (Å²) in [7, 11) is 0. The van der Waals surface area contributed by atoms with E-state index in [0.717, 1.165) is 5.56 Å². The van der Waals surface area contributed by atoms with Gasteiger partial charge >= 0.3 is 0 Å². The van der Waals surface area contributed by atoms with Crippen molar-refractivity contribution in [2.45, 2.75) is 6.61 Å². The molecule has 0 amide bonds. The van der Waals surface area contributed by atoms with Gasteiger partial charge in [-0.1, -0.05) is 53.8 Å². The van der Waals surface area contributed by atoms with Crippen LogP contribution < -0.4 is 0 Å². The summed E-state index contributed by atoms with van der Waals surface area (Å²) in [5.74, 6) is -0.321. The van der Waals surface area contributed by atoms with Gasteiger partial charge in [0, 0.05) is 11.1 Å². The van der Waals surface area contributed by atoms with E-state index in [2.05, 4.69) is 10.1 Å². The predicted octanol–water partition coefficient (Wildman–Crippen LogP) is 3.76. The first-order valence-electron chi connectivity index (χ1n) is 7.07. The van der Waals surface area contributed by atoms with Gasteiger partial charge in [-0.3, -0.25) is 0 Å². The number of aromatic nitrogens is 3. The van der Waals surface area contributed by atoms with Gasteiger partial charge in [0.25, 0.3) is 0 Å². The normalized spacial score (nSPS) is 11.2. The molecule has 0 aliphatic rings. The molecule has 2 heterocycles. The Morgan fingerprint density at radius 1 is 1.04 bits per heavy atom. The van der Waals surface area contributed by atoms with E-state index in [1.807, 2.05) is 30.3 Å². The molecule has 2 aromatic carbocycles. The van der Waals surface area contributed by atoms with Gasteiger partial charge in [0.2, 0.25) is 4.96 Å². The molecule has 0 aliphatic heterocycles. The smallest absolute Gasteiger partial charge is 0.213 e. The summed E-state index contributed by atoms with van der Waals surface area (Å²) in [6.45, 7) is -0.189. The average Bonchev–Trinajstić information content (AvgIpc) is 3.13. The van der Waals surface area contributed by atoms with E-state index in [-0.39, 0.29) is 12.4 Å². The first-order valence-corrected chi connectivity index (χ1v) is 7.89. The molecule has 4 rings (SSSR count). The van der Waals surface area contributed by atoms with Crippen molar-refractivity contribution < 1.29 is 9.50 Å². The number of fused-ring (bicyclic) bond motifs is 1. The quantitative estimate of drug-likeness (QED) is 0.624. The second-order valence-corrected chi connectivity index (χ2v) is 5.97. The summed E-state index contributed by atoms with van der Waals surface area (Å²) in [4.78, 5) is 5.20. The van der Waals surface area contributed by atoms with Gasteiger partial charge in [0.05, 0.1) is 18.0 Å². The van der Waals surface area contributed by atoms with E-state index >= 15 is 0 Å². The fourth-order valence-electron chi connectivity index (χ4n) is 2.50. The van der Waals surface area contributed by atoms with Crippen molar-refractivity contribution in [2.75, 3.05) is 0 Å². The number of rotatable bonds is 3. The number of aliphatic hydroxyl groups excluding tert-OH is 1. The molecule has 0 bridgehead atoms. The Morgan fingerprint density at radius 2 is 1.78 bits per heavy atom. The van der Waals surface area contributed by atoms with Crippen LogP contribution in [0.25, 0.3) is 26.8 Å². The highest BCUT2D eigenvalue weighted by atomic mass is 32.1. The van der Waals surface area contributed by atoms with E-state index in [0.29, 0.717) is 26.9 Å². The predicted molar refractivity (Wildman–Crippen MR) is 87.6 cm³/mol. The Kier molecular flexibility index (Phi) is 3.40. The van der Waals surface area contributed by atoms with Crippen LogP contribution in [0.15, 0.2) is 54.6 Å². The van der Waals surface area contributed by atoms with Crippen molar-refractivity contribution in [1.29, 1.82) is 0 Å². The standard InChI is InChI=1S/C17H12FN3OS/c18-13-9-5-4-8-12(13)16-20-21-14(10-22)15(19-17(21)23-16)11-6-2-1-3-7-11/h1-9,22H,10H2. The zero-order chi connectivity index (χ0) is 15.8. The molecule has 2 aromatic heterocycles. The van der Waals surface area contributed by atoms with Crippen molar-refractivity contribution in [3.05, 3.63) is 66.1 Å². The molecule has 6 heteroatoms. The molecule has 0 saturated carbocycles. The van der Waals surface area contributed by atoms with Gasteiger partial charge < -0.3 is 5.11 Å². The third-order valence-electron chi connectivity index (χ3n) is 3.60. The first kappa shape index (κ1) is 14.0. The highest BCUT2D eigenvalue weighted by molar-refractivity contribution is 7.19. The maximum Gasteiger partial charge on any atom is 0.213 e. The summed E-state index contributed by atoms with van der Waals surface area (Å²) in [5, 5.41) is 14.7. The number of hydrogen-bond acceptors (Lipinski definition) is 4. The number of halogens is 1. The Morgan fingerprint density at radius 3 is 2.52 bits per heavy atom. The summed E-state index contributed by atoms with van der Waals surface area (Å²) in [6, 6.07) is 16.1. The highest BCUT2D eigenvalue weighted by Crippen LogP contribution is 2.31. The average molecular weight is 325 g/mol. The van der Waals surface area contributed by atoms with Crippen LogP contribution in [0.4, 0.5) is 4.39 Å². The molecule has 0 aliphatic carbocycles. The largest absolute Gasteiger partial charge is 0.390 e. The highest BCUT2D eigenvalue weighted by Gasteiger charge is 2.18. The zero-order valence-electron chi connectivity index (χ0n) is 12.0. The first-order chi connectivity index (χ1) is 11.3. The molecular weight excluding hydrogens is 313 g/mol. The maximum atomic E-state index is 13.9. The molecule has 0 unspecified atom stereocenters. The van der Waals surface area contributed by atoms with Gasteiger partial charge in [-0.05, 0) is 12.1 Å². The van der Waals surface area contributed by atoms with Crippen LogP contribution in [0.1, 0.15) is 5.69 Å². The van der Waals surface area contributed by atoms with Gasteiger partial charge in [-0.2, -0.15) is 5.10 Å². The van der Waals surface area contributed by atoms with Gasteiger partial charge in [-0.15, -0.1) is 0 Å². The number of aliphatic hydroxyl groups is 1. The zero-order valence-corrected chi connectivity index (χ0v) is 12.8. The number of imidazole rings is 1. The lowest BCUT2D eigenvalue weighted by Crippen LogP contribution is -1.96. The van der Waals surface area contributed by atoms with Crippen molar-refractivity contribution in [3.8, 4) is 21.8 Å². The second kappa shape index (κ2) is 5.57. The van der Waals surface area contributed by atoms with E-state index in [4.69, 9.17) is 0 Å². The Bertz CT molecular complexity index is 978. The Labute approximate surface area is 135 Å². The van der Waals surface area contributed by atoms with Crippen molar-refractivity contribution in [2.24, 2.45) is 0 Å². The number of hydrogen-bond donors (Lipinski definition) is 1. The van der Waals surface area contributed by atoms with E-state index in [1.165, 1.54) is 17.4 Å². The lowest BCUT2D eigenvalue weighted by Gasteiger charge is -2.00. The summed E-state index contributed by atoms with van der Waals surface area (Å²) < 4.78 is 15.5. The lowest BCUT2D eigenvalue weighted by molar-refractivity contribution is 0.275. The Balaban J connectivity index is 1.89. The van der Waals surface area contributed by atoms with E-state index in [1.54, 1.807) is 22.7 Å². The molecule has 114 valence electrons. The summed E-state index contributed by atoms with van der Waals surface area (Å²) in [6.07, 6.45) is 0. The molecule has 4 aromatic rings. The monoisotopic (exact) mass is 325 g/mol. The molecule has 4 nitrogen and oxygen atoms in total. The molecule has 1 N–H and O–H groups in total. The van der Waals surface area contributed by atoms with Crippen LogP contribution >= 0.6 is 11.3 Å². The number of benzene rings is 2. The third-order valence-corrected chi connectivity index (χ3v) is 4.54. The molecule has 23 heavy (non-hydrogen) atoms. The fourth-order valence-corrected chi connectivity index (χ4v) is 3.45. The molecule has 0 spiro atoms. The van der Waals surface area contributed by atoms with Crippen molar-refractivity contribution in [1.82, 2.24) is 14.6 Å². The van der Waals surface area contributed by atoms with Gasteiger partial charge in [0.1, 0.15) is 5.82 Å². The molecule has 0 fully saturated rings. The van der Waals surface area contributed by atoms with Crippen LogP contribution in [-0.4, -0.2) is 19.7 Å². The van der Waals surface area contributed by atoms with Crippen molar-refractivity contribution >= 4 is 16.3 Å². The van der Waals surface area contributed by atoms with Crippen LogP contribution in [0.3, 0.4) is 0 Å². The summed E-state index contributed by atoms with van der Waals surface area (Å²) >= 11 is 1.30. The lowest BCUT2D eigenvalue weighted by atomic mass is 10.1. The molecule has 0 atom stereocenters. The minimum Gasteiger partial charge on any atom is -0.390 e. The maximum absolute atomic E-state index is 13.9. The number of nitrogens with zero attached hydrogens (tertiary/aromatic N) is 3. The van der Waals surface area contributed by atoms with Gasteiger partial charge in [-0.25, -0.2) is 13.9 Å². The molecule has 0 radical (unpaired) electrons.